The van der Waals surface area contributed by atoms with Gasteiger partial charge in [-0.1, -0.05) is 20.8 Å². The summed E-state index contributed by atoms with van der Waals surface area (Å²) in [7, 11) is 0. The second-order valence-electron chi connectivity index (χ2n) is 5.70. The number of nitrogens with one attached hydrogen (secondary N) is 1. The molecule has 0 saturated carbocycles. The van der Waals surface area contributed by atoms with E-state index in [2.05, 4.69) is 31.0 Å². The summed E-state index contributed by atoms with van der Waals surface area (Å²) in [5.74, 6) is 0.169. The number of hydrogen-bond donors (Lipinski definition) is 2. The Hall–Kier alpha value is -1.32. The molecular formula is C12H19N3O. The number of fused-ring (bicyclic) bond motifs is 1. The highest BCUT2D eigenvalue weighted by Gasteiger charge is 2.32. The van der Waals surface area contributed by atoms with Crippen LogP contribution < -0.4 is 5.73 Å². The number of primary amides is 1. The highest BCUT2D eigenvalue weighted by molar-refractivity contribution is 5.92. The highest BCUT2D eigenvalue weighted by Crippen LogP contribution is 2.37. The van der Waals surface area contributed by atoms with Crippen LogP contribution in [0.3, 0.4) is 0 Å². The molecule has 0 saturated heterocycles. The minimum absolute atomic E-state index is 0.268. The second-order valence-corrected chi connectivity index (χ2v) is 5.70. The van der Waals surface area contributed by atoms with E-state index in [4.69, 9.17) is 5.73 Å². The lowest BCUT2D eigenvalue weighted by atomic mass is 9.71. The van der Waals surface area contributed by atoms with Crippen molar-refractivity contribution >= 4 is 5.91 Å². The van der Waals surface area contributed by atoms with Crippen LogP contribution in [-0.2, 0) is 12.8 Å². The molecule has 1 amide bonds. The van der Waals surface area contributed by atoms with Gasteiger partial charge in [-0.05, 0) is 30.6 Å². The molecule has 4 heteroatoms. The molecule has 4 nitrogen and oxygen atoms in total. The van der Waals surface area contributed by atoms with Gasteiger partial charge in [-0.25, -0.2) is 0 Å². The first-order valence-corrected chi connectivity index (χ1v) is 5.75. The third-order valence-corrected chi connectivity index (χ3v) is 3.60. The Balaban J connectivity index is 2.31. The van der Waals surface area contributed by atoms with Crippen LogP contribution in [0, 0.1) is 11.3 Å². The van der Waals surface area contributed by atoms with Crippen molar-refractivity contribution in [1.29, 1.82) is 0 Å². The van der Waals surface area contributed by atoms with Gasteiger partial charge in [0.2, 0.25) is 0 Å². The summed E-state index contributed by atoms with van der Waals surface area (Å²) in [4.78, 5) is 11.2. The van der Waals surface area contributed by atoms with Gasteiger partial charge in [-0.2, -0.15) is 5.10 Å². The Morgan fingerprint density at radius 3 is 2.75 bits per heavy atom. The largest absolute Gasteiger partial charge is 0.364 e. The van der Waals surface area contributed by atoms with Gasteiger partial charge < -0.3 is 5.73 Å². The van der Waals surface area contributed by atoms with E-state index >= 15 is 0 Å². The van der Waals surface area contributed by atoms with Crippen molar-refractivity contribution in [1.82, 2.24) is 10.2 Å². The molecule has 0 spiro atoms. The summed E-state index contributed by atoms with van der Waals surface area (Å²) < 4.78 is 0. The van der Waals surface area contributed by atoms with Crippen molar-refractivity contribution in [2.45, 2.75) is 40.0 Å². The SMILES string of the molecule is CC(C)(C)[C@H]1CCc2[nH]nc(C(N)=O)c2C1. The molecule has 0 bridgehead atoms. The zero-order valence-corrected chi connectivity index (χ0v) is 10.1. The van der Waals surface area contributed by atoms with E-state index in [0.717, 1.165) is 30.5 Å². The third-order valence-electron chi connectivity index (χ3n) is 3.60. The molecule has 0 aromatic carbocycles. The van der Waals surface area contributed by atoms with Crippen molar-refractivity contribution in [3.05, 3.63) is 17.0 Å². The van der Waals surface area contributed by atoms with Crippen molar-refractivity contribution in [2.75, 3.05) is 0 Å². The lowest BCUT2D eigenvalue weighted by Gasteiger charge is -2.33. The first-order valence-electron chi connectivity index (χ1n) is 5.75. The Morgan fingerprint density at radius 1 is 1.50 bits per heavy atom. The molecule has 1 heterocycles. The van der Waals surface area contributed by atoms with Crippen LogP contribution in [-0.4, -0.2) is 16.1 Å². The number of hydrogen-bond acceptors (Lipinski definition) is 2. The quantitative estimate of drug-likeness (QED) is 0.757. The average molecular weight is 221 g/mol. The molecular weight excluding hydrogens is 202 g/mol. The summed E-state index contributed by atoms with van der Waals surface area (Å²) in [6.45, 7) is 6.73. The molecule has 0 unspecified atom stereocenters. The fourth-order valence-electron chi connectivity index (χ4n) is 2.44. The predicted octanol–water partition coefficient (Wildman–Crippen LogP) is 1.66. The number of nitrogens with zero attached hydrogens (tertiary/aromatic N) is 1. The highest BCUT2D eigenvalue weighted by atomic mass is 16.1. The van der Waals surface area contributed by atoms with Gasteiger partial charge in [-0.15, -0.1) is 0 Å². The molecule has 1 aliphatic carbocycles. The molecule has 1 aliphatic rings. The molecule has 0 aliphatic heterocycles. The minimum atomic E-state index is -0.424. The number of H-pyrrole nitrogens is 1. The van der Waals surface area contributed by atoms with E-state index in [1.54, 1.807) is 0 Å². The average Bonchev–Trinajstić information content (AvgIpc) is 2.58. The Kier molecular flexibility index (Phi) is 2.52. The molecule has 1 aromatic heterocycles. The Labute approximate surface area is 95.6 Å². The number of carbonyl (C=O) groups is 1. The fourth-order valence-corrected chi connectivity index (χ4v) is 2.44. The van der Waals surface area contributed by atoms with Crippen LogP contribution in [0.5, 0.6) is 0 Å². The van der Waals surface area contributed by atoms with Crippen molar-refractivity contribution < 1.29 is 4.79 Å². The lowest BCUT2D eigenvalue weighted by molar-refractivity contribution is 0.0993. The van der Waals surface area contributed by atoms with Crippen molar-refractivity contribution in [2.24, 2.45) is 17.1 Å². The minimum Gasteiger partial charge on any atom is -0.364 e. The number of aryl methyl sites for hydroxylation is 1. The van der Waals surface area contributed by atoms with E-state index in [9.17, 15) is 4.79 Å². The smallest absolute Gasteiger partial charge is 0.269 e. The molecule has 3 N–H and O–H groups in total. The number of rotatable bonds is 1. The second kappa shape index (κ2) is 3.61. The molecule has 0 radical (unpaired) electrons. The van der Waals surface area contributed by atoms with E-state index in [1.807, 2.05) is 0 Å². The number of carbonyl (C=O) groups excluding carboxylic acids is 1. The first kappa shape index (κ1) is 11.2. The molecule has 16 heavy (non-hydrogen) atoms. The standard InChI is InChI=1S/C12H19N3O/c1-12(2,3)7-4-5-9-8(6-7)10(11(13)16)15-14-9/h7H,4-6H2,1-3H3,(H2,13,16)(H,14,15)/t7-/m0/s1. The maximum atomic E-state index is 11.2. The fraction of sp³-hybridized carbons (Fsp3) is 0.667. The summed E-state index contributed by atoms with van der Waals surface area (Å²) in [5, 5.41) is 6.94. The monoisotopic (exact) mass is 221 g/mol. The van der Waals surface area contributed by atoms with Gasteiger partial charge in [0.25, 0.3) is 5.91 Å². The zero-order chi connectivity index (χ0) is 11.9. The first-order chi connectivity index (χ1) is 7.39. The maximum Gasteiger partial charge on any atom is 0.269 e. The van der Waals surface area contributed by atoms with E-state index < -0.39 is 5.91 Å². The van der Waals surface area contributed by atoms with E-state index in [0.29, 0.717) is 11.6 Å². The van der Waals surface area contributed by atoms with Crippen LogP contribution in [0.15, 0.2) is 0 Å². The number of amides is 1. The van der Waals surface area contributed by atoms with Gasteiger partial charge in [-0.3, -0.25) is 9.89 Å². The molecule has 0 fully saturated rings. The zero-order valence-electron chi connectivity index (χ0n) is 10.1. The summed E-state index contributed by atoms with van der Waals surface area (Å²) in [6.07, 6.45) is 3.03. The van der Waals surface area contributed by atoms with Crippen LogP contribution in [0.4, 0.5) is 0 Å². The third kappa shape index (κ3) is 1.84. The summed E-state index contributed by atoms with van der Waals surface area (Å²) in [5.41, 5.74) is 8.15. The molecule has 1 aromatic rings. The maximum absolute atomic E-state index is 11.2. The van der Waals surface area contributed by atoms with Gasteiger partial charge in [0, 0.05) is 11.3 Å². The van der Waals surface area contributed by atoms with Gasteiger partial charge in [0.1, 0.15) is 0 Å². The van der Waals surface area contributed by atoms with Gasteiger partial charge >= 0.3 is 0 Å². The number of aromatic nitrogens is 2. The Bertz CT molecular complexity index is 414. The van der Waals surface area contributed by atoms with Crippen LogP contribution >= 0.6 is 0 Å². The van der Waals surface area contributed by atoms with E-state index in [-0.39, 0.29) is 5.41 Å². The van der Waals surface area contributed by atoms with Gasteiger partial charge in [0.05, 0.1) is 0 Å². The van der Waals surface area contributed by atoms with Crippen molar-refractivity contribution in [3.63, 3.8) is 0 Å². The predicted molar refractivity (Wildman–Crippen MR) is 62.1 cm³/mol. The van der Waals surface area contributed by atoms with Crippen LogP contribution in [0.25, 0.3) is 0 Å². The van der Waals surface area contributed by atoms with E-state index in [1.165, 1.54) is 0 Å². The summed E-state index contributed by atoms with van der Waals surface area (Å²) in [6, 6.07) is 0. The Morgan fingerprint density at radius 2 is 2.19 bits per heavy atom. The number of aromatic amines is 1. The van der Waals surface area contributed by atoms with Crippen LogP contribution in [0.1, 0.15) is 48.9 Å². The van der Waals surface area contributed by atoms with Gasteiger partial charge in [0.15, 0.2) is 5.69 Å². The topological polar surface area (TPSA) is 71.8 Å². The lowest BCUT2D eigenvalue weighted by Crippen LogP contribution is -2.28. The molecule has 88 valence electrons. The molecule has 2 rings (SSSR count). The number of nitrogens with two attached hydrogens (primary N) is 1. The normalized spacial score (nSPS) is 20.6. The van der Waals surface area contributed by atoms with Crippen LogP contribution in [0.2, 0.25) is 0 Å². The molecule has 1 atom stereocenters. The van der Waals surface area contributed by atoms with Crippen molar-refractivity contribution in [3.8, 4) is 0 Å². The summed E-state index contributed by atoms with van der Waals surface area (Å²) >= 11 is 0.